The second-order valence-electron chi connectivity index (χ2n) is 6.38. The number of halogens is 2. The Kier molecular flexibility index (Phi) is 6.84. The molecule has 0 bridgehead atoms. The van der Waals surface area contributed by atoms with Gasteiger partial charge >= 0.3 is 0 Å². The monoisotopic (exact) mass is 360 g/mol. The standard InChI is InChI=1S/C17H24N2O2.2ClH/c1-2-13(1)11-15(19-7-5-18-6-8-19)14-3-4-16-17(12-14)21-10-9-20-16;;/h3-4,12-13,15,18H,1-2,5-11H2;2*1H/t15-;;/m1../s1. The molecule has 2 fully saturated rings. The van der Waals surface area contributed by atoms with Crippen LogP contribution in [0.1, 0.15) is 30.9 Å². The molecule has 4 nitrogen and oxygen atoms in total. The third kappa shape index (κ3) is 4.44. The Balaban J connectivity index is 0.000000960. The van der Waals surface area contributed by atoms with Gasteiger partial charge in [-0.1, -0.05) is 18.9 Å². The largest absolute Gasteiger partial charge is 0.486 e. The maximum atomic E-state index is 5.77. The van der Waals surface area contributed by atoms with Crippen LogP contribution in [0.15, 0.2) is 18.2 Å². The summed E-state index contributed by atoms with van der Waals surface area (Å²) in [6.45, 7) is 5.82. The van der Waals surface area contributed by atoms with Gasteiger partial charge in [-0.25, -0.2) is 0 Å². The SMILES string of the molecule is Cl.Cl.c1cc2c(cc1[C@@H](CC1CC1)N1CCNCC1)OCCO2. The van der Waals surface area contributed by atoms with Gasteiger partial charge in [-0.15, -0.1) is 24.8 Å². The minimum Gasteiger partial charge on any atom is -0.486 e. The van der Waals surface area contributed by atoms with Crippen LogP contribution in [0.25, 0.3) is 0 Å². The molecule has 0 spiro atoms. The highest BCUT2D eigenvalue weighted by Crippen LogP contribution is 2.42. The molecule has 1 saturated heterocycles. The van der Waals surface area contributed by atoms with Crippen LogP contribution in [-0.4, -0.2) is 44.3 Å². The van der Waals surface area contributed by atoms with Gasteiger partial charge in [-0.3, -0.25) is 4.90 Å². The summed E-state index contributed by atoms with van der Waals surface area (Å²) in [4.78, 5) is 2.64. The quantitative estimate of drug-likeness (QED) is 0.894. The van der Waals surface area contributed by atoms with Gasteiger partial charge in [0.25, 0.3) is 0 Å². The van der Waals surface area contributed by atoms with Crippen LogP contribution in [0.3, 0.4) is 0 Å². The molecular formula is C17H26Cl2N2O2. The first kappa shape index (κ1) is 18.7. The van der Waals surface area contributed by atoms with Crippen LogP contribution in [0.2, 0.25) is 0 Å². The Labute approximate surface area is 150 Å². The third-order valence-corrected chi connectivity index (χ3v) is 4.80. The van der Waals surface area contributed by atoms with Crippen LogP contribution < -0.4 is 14.8 Å². The van der Waals surface area contributed by atoms with Crippen molar-refractivity contribution < 1.29 is 9.47 Å². The molecule has 1 atom stereocenters. The topological polar surface area (TPSA) is 33.7 Å². The van der Waals surface area contributed by atoms with Gasteiger partial charge in [-0.05, 0) is 30.0 Å². The molecule has 0 unspecified atom stereocenters. The first-order valence-electron chi connectivity index (χ1n) is 8.24. The van der Waals surface area contributed by atoms with Crippen LogP contribution in [0, 0.1) is 5.92 Å². The molecule has 0 radical (unpaired) electrons. The van der Waals surface area contributed by atoms with Crippen molar-refractivity contribution in [2.75, 3.05) is 39.4 Å². The first-order valence-corrected chi connectivity index (χ1v) is 8.24. The summed E-state index contributed by atoms with van der Waals surface area (Å²) in [6, 6.07) is 7.08. The lowest BCUT2D eigenvalue weighted by molar-refractivity contribution is 0.156. The number of rotatable bonds is 4. The van der Waals surface area contributed by atoms with Gasteiger partial charge in [-0.2, -0.15) is 0 Å². The second-order valence-corrected chi connectivity index (χ2v) is 6.38. The number of hydrogen-bond donors (Lipinski definition) is 1. The molecule has 1 aromatic carbocycles. The van der Waals surface area contributed by atoms with Crippen LogP contribution in [0.4, 0.5) is 0 Å². The lowest BCUT2D eigenvalue weighted by Gasteiger charge is -2.36. The van der Waals surface area contributed by atoms with E-state index >= 15 is 0 Å². The minimum absolute atomic E-state index is 0. The normalized spacial score (nSPS) is 21.7. The highest BCUT2D eigenvalue weighted by Gasteiger charge is 2.31. The number of ether oxygens (including phenoxy) is 2. The Bertz CT molecular complexity index is 505. The van der Waals surface area contributed by atoms with E-state index in [0.717, 1.165) is 43.6 Å². The number of nitrogens with one attached hydrogen (secondary N) is 1. The van der Waals surface area contributed by atoms with Gasteiger partial charge in [0.15, 0.2) is 11.5 Å². The van der Waals surface area contributed by atoms with Crippen molar-refractivity contribution in [2.45, 2.75) is 25.3 Å². The molecule has 6 heteroatoms. The Morgan fingerprint density at radius 3 is 2.43 bits per heavy atom. The van der Waals surface area contributed by atoms with Crippen molar-refractivity contribution in [1.29, 1.82) is 0 Å². The summed E-state index contributed by atoms with van der Waals surface area (Å²) in [5.74, 6) is 2.75. The molecule has 3 aliphatic rings. The zero-order valence-electron chi connectivity index (χ0n) is 13.3. The highest BCUT2D eigenvalue weighted by atomic mass is 35.5. The predicted molar refractivity (Wildman–Crippen MR) is 96.5 cm³/mol. The molecule has 1 N–H and O–H groups in total. The van der Waals surface area contributed by atoms with Crippen molar-refractivity contribution >= 4 is 24.8 Å². The fourth-order valence-electron chi connectivity index (χ4n) is 3.43. The van der Waals surface area contributed by atoms with E-state index in [4.69, 9.17) is 9.47 Å². The van der Waals surface area contributed by atoms with Gasteiger partial charge in [0, 0.05) is 32.2 Å². The van der Waals surface area contributed by atoms with Gasteiger partial charge in [0.05, 0.1) is 0 Å². The maximum Gasteiger partial charge on any atom is 0.161 e. The highest BCUT2D eigenvalue weighted by molar-refractivity contribution is 5.85. The number of nitrogens with zero attached hydrogens (tertiary/aromatic N) is 1. The van der Waals surface area contributed by atoms with Crippen molar-refractivity contribution in [3.8, 4) is 11.5 Å². The Morgan fingerprint density at radius 2 is 1.74 bits per heavy atom. The summed E-state index contributed by atoms with van der Waals surface area (Å²) in [5.41, 5.74) is 1.40. The van der Waals surface area contributed by atoms with E-state index in [2.05, 4.69) is 28.4 Å². The van der Waals surface area contributed by atoms with Crippen molar-refractivity contribution in [2.24, 2.45) is 5.92 Å². The average Bonchev–Trinajstić information content (AvgIpc) is 3.37. The zero-order chi connectivity index (χ0) is 14.1. The molecule has 1 aliphatic carbocycles. The van der Waals surface area contributed by atoms with Crippen molar-refractivity contribution in [3.05, 3.63) is 23.8 Å². The lowest BCUT2D eigenvalue weighted by Crippen LogP contribution is -2.45. The molecule has 23 heavy (non-hydrogen) atoms. The summed E-state index contributed by atoms with van der Waals surface area (Å²) < 4.78 is 11.4. The zero-order valence-corrected chi connectivity index (χ0v) is 15.0. The van der Waals surface area contributed by atoms with Gasteiger partial charge in [0.2, 0.25) is 0 Å². The van der Waals surface area contributed by atoms with E-state index in [0.29, 0.717) is 19.3 Å². The van der Waals surface area contributed by atoms with Crippen LogP contribution in [0.5, 0.6) is 11.5 Å². The fourth-order valence-corrected chi connectivity index (χ4v) is 3.43. The molecule has 4 rings (SSSR count). The molecule has 2 heterocycles. The molecule has 130 valence electrons. The van der Waals surface area contributed by atoms with Gasteiger partial charge in [0.1, 0.15) is 13.2 Å². The molecule has 1 saturated carbocycles. The first-order chi connectivity index (χ1) is 10.4. The number of fused-ring (bicyclic) bond motifs is 1. The molecular weight excluding hydrogens is 335 g/mol. The Morgan fingerprint density at radius 1 is 1.04 bits per heavy atom. The fraction of sp³-hybridized carbons (Fsp3) is 0.647. The molecule has 0 aromatic heterocycles. The van der Waals surface area contributed by atoms with E-state index in [1.54, 1.807) is 0 Å². The van der Waals surface area contributed by atoms with Gasteiger partial charge < -0.3 is 14.8 Å². The predicted octanol–water partition coefficient (Wildman–Crippen LogP) is 3.05. The number of benzene rings is 1. The van der Waals surface area contributed by atoms with E-state index < -0.39 is 0 Å². The summed E-state index contributed by atoms with van der Waals surface area (Å²) in [6.07, 6.45) is 4.11. The second kappa shape index (κ2) is 8.43. The lowest BCUT2D eigenvalue weighted by atomic mass is 9.98. The molecule has 2 aliphatic heterocycles. The minimum atomic E-state index is 0. The Hall–Kier alpha value is -0.680. The summed E-state index contributed by atoms with van der Waals surface area (Å²) in [5, 5.41) is 3.45. The van der Waals surface area contributed by atoms with Crippen LogP contribution in [-0.2, 0) is 0 Å². The van der Waals surface area contributed by atoms with E-state index in [1.807, 2.05) is 0 Å². The van der Waals surface area contributed by atoms with Crippen LogP contribution >= 0.6 is 24.8 Å². The van der Waals surface area contributed by atoms with E-state index in [-0.39, 0.29) is 24.8 Å². The maximum absolute atomic E-state index is 5.77. The van der Waals surface area contributed by atoms with Crippen molar-refractivity contribution in [3.63, 3.8) is 0 Å². The van der Waals surface area contributed by atoms with E-state index in [1.165, 1.54) is 24.8 Å². The smallest absolute Gasteiger partial charge is 0.161 e. The summed E-state index contributed by atoms with van der Waals surface area (Å²) in [7, 11) is 0. The number of piperazine rings is 1. The molecule has 1 aromatic rings. The third-order valence-electron chi connectivity index (χ3n) is 4.80. The van der Waals surface area contributed by atoms with E-state index in [9.17, 15) is 0 Å². The summed E-state index contributed by atoms with van der Waals surface area (Å²) >= 11 is 0. The average molecular weight is 361 g/mol. The number of hydrogen-bond acceptors (Lipinski definition) is 4. The molecule has 0 amide bonds. The van der Waals surface area contributed by atoms with Crippen molar-refractivity contribution in [1.82, 2.24) is 10.2 Å².